The fraction of sp³-hybridized carbons (Fsp3) is 0.368. The number of carbonyl (C=O) groups excluding carboxylic acids is 2. The number of methoxy groups -OCH3 is 1. The predicted molar refractivity (Wildman–Crippen MR) is 98.7 cm³/mol. The fourth-order valence-corrected chi connectivity index (χ4v) is 3.75. The van der Waals surface area contributed by atoms with Gasteiger partial charge in [-0.05, 0) is 38.5 Å². The lowest BCUT2D eigenvalue weighted by Crippen LogP contribution is -2.62. The van der Waals surface area contributed by atoms with Gasteiger partial charge in [-0.2, -0.15) is 4.57 Å². The molecule has 1 fully saturated rings. The minimum atomic E-state index is -0.626. The van der Waals surface area contributed by atoms with E-state index in [0.29, 0.717) is 24.1 Å². The summed E-state index contributed by atoms with van der Waals surface area (Å²) >= 11 is 0. The smallest absolute Gasteiger partial charge is 0.407 e. The molecule has 8 heteroatoms. The van der Waals surface area contributed by atoms with Crippen molar-refractivity contribution in [3.8, 4) is 11.4 Å². The highest BCUT2D eigenvalue weighted by molar-refractivity contribution is 6.19. The van der Waals surface area contributed by atoms with Gasteiger partial charge in [0.1, 0.15) is 17.6 Å². The van der Waals surface area contributed by atoms with Gasteiger partial charge in [0.05, 0.1) is 7.11 Å². The van der Waals surface area contributed by atoms with Crippen LogP contribution >= 0.6 is 0 Å². The largest absolute Gasteiger partial charge is 0.493 e. The van der Waals surface area contributed by atoms with Gasteiger partial charge in [-0.25, -0.2) is 9.36 Å². The minimum Gasteiger partial charge on any atom is -0.493 e. The van der Waals surface area contributed by atoms with Crippen LogP contribution in [0.5, 0.6) is 5.75 Å². The van der Waals surface area contributed by atoms with Crippen LogP contribution in [-0.4, -0.2) is 52.8 Å². The first-order chi connectivity index (χ1) is 12.9. The molecule has 0 aliphatic carbocycles. The molecule has 1 atom stereocenters. The van der Waals surface area contributed by atoms with Crippen LogP contribution in [0.4, 0.5) is 10.7 Å². The van der Waals surface area contributed by atoms with E-state index in [1.54, 1.807) is 21.1 Å². The first-order valence-corrected chi connectivity index (χ1v) is 8.85. The van der Waals surface area contributed by atoms with E-state index in [9.17, 15) is 9.59 Å². The van der Waals surface area contributed by atoms with Gasteiger partial charge in [-0.3, -0.25) is 14.6 Å². The Balaban J connectivity index is 1.93. The Morgan fingerprint density at radius 3 is 2.67 bits per heavy atom. The third kappa shape index (κ3) is 2.29. The molecule has 0 radical (unpaired) electrons. The van der Waals surface area contributed by atoms with Crippen LogP contribution in [0.1, 0.15) is 24.2 Å². The van der Waals surface area contributed by atoms with E-state index < -0.39 is 6.04 Å². The number of carbonyl (C=O) groups is 2. The second kappa shape index (κ2) is 5.94. The van der Waals surface area contributed by atoms with E-state index in [0.717, 1.165) is 16.9 Å². The first kappa shape index (κ1) is 17.3. The number of imidazole rings is 1. The zero-order valence-corrected chi connectivity index (χ0v) is 16.1. The third-order valence-electron chi connectivity index (χ3n) is 5.10. The van der Waals surface area contributed by atoms with Crippen molar-refractivity contribution in [2.45, 2.75) is 26.8 Å². The number of hydrogen-bond acceptors (Lipinski definition) is 4. The van der Waals surface area contributed by atoms with Gasteiger partial charge in [0, 0.05) is 13.6 Å². The van der Waals surface area contributed by atoms with E-state index in [4.69, 9.17) is 4.74 Å². The highest BCUT2D eigenvalue weighted by Gasteiger charge is 2.53. The molecule has 27 heavy (non-hydrogen) atoms. The first-order valence-electron chi connectivity index (χ1n) is 8.85. The molecule has 3 heterocycles. The van der Waals surface area contributed by atoms with E-state index in [-0.39, 0.29) is 11.9 Å². The lowest BCUT2D eigenvalue weighted by molar-refractivity contribution is -0.676. The molecule has 140 valence electrons. The van der Waals surface area contributed by atoms with Crippen LogP contribution in [0.2, 0.25) is 0 Å². The number of ether oxygens (including phenoxy) is 1. The van der Waals surface area contributed by atoms with E-state index in [2.05, 4.69) is 4.99 Å². The van der Waals surface area contributed by atoms with Gasteiger partial charge in [0.25, 0.3) is 5.91 Å². The molecular weight excluding hydrogens is 346 g/mol. The monoisotopic (exact) mass is 368 g/mol. The number of likely N-dealkylation sites (N-methyl/N-ethyl adjacent to an activating group) is 2. The number of imide groups is 1. The number of hydrogen-bond donors (Lipinski definition) is 0. The van der Waals surface area contributed by atoms with Crippen molar-refractivity contribution in [2.75, 3.05) is 20.7 Å². The quantitative estimate of drug-likeness (QED) is 0.777. The predicted octanol–water partition coefficient (Wildman–Crippen LogP) is 1.89. The van der Waals surface area contributed by atoms with Crippen LogP contribution in [0.15, 0.2) is 29.4 Å². The molecule has 3 amide bonds. The SMILES string of the molecule is CCN1C(=O)C2C(=Nc3n(-c4cc(C)ccc4OC)c(C)c[n+]32)N(C)C1=O. The van der Waals surface area contributed by atoms with Crippen LogP contribution in [0.3, 0.4) is 0 Å². The maximum Gasteiger partial charge on any atom is 0.407 e. The van der Waals surface area contributed by atoms with Crippen molar-refractivity contribution >= 4 is 23.7 Å². The second-order valence-corrected chi connectivity index (χ2v) is 6.79. The Kier molecular flexibility index (Phi) is 3.80. The number of fused-ring (bicyclic) bond motifs is 3. The molecule has 1 aromatic heterocycles. The second-order valence-electron chi connectivity index (χ2n) is 6.79. The lowest BCUT2D eigenvalue weighted by atomic mass is 10.1. The molecule has 0 spiro atoms. The molecule has 0 N–H and O–H groups in total. The van der Waals surface area contributed by atoms with E-state index in [1.165, 1.54) is 9.80 Å². The average Bonchev–Trinajstić information content (AvgIpc) is 3.15. The molecule has 1 unspecified atom stereocenters. The van der Waals surface area contributed by atoms with Gasteiger partial charge in [-0.1, -0.05) is 11.1 Å². The summed E-state index contributed by atoms with van der Waals surface area (Å²) in [6.45, 7) is 6.09. The van der Waals surface area contributed by atoms with Crippen LogP contribution in [-0.2, 0) is 4.79 Å². The van der Waals surface area contributed by atoms with Gasteiger partial charge < -0.3 is 4.74 Å². The third-order valence-corrected chi connectivity index (χ3v) is 5.10. The Hall–Kier alpha value is -3.16. The van der Waals surface area contributed by atoms with Crippen molar-refractivity contribution in [1.82, 2.24) is 14.4 Å². The Morgan fingerprint density at radius 1 is 1.26 bits per heavy atom. The number of aromatic nitrogens is 2. The molecule has 2 aromatic rings. The Labute approximate surface area is 157 Å². The van der Waals surface area contributed by atoms with Crippen LogP contribution in [0, 0.1) is 13.8 Å². The van der Waals surface area contributed by atoms with Gasteiger partial charge in [-0.15, -0.1) is 0 Å². The summed E-state index contributed by atoms with van der Waals surface area (Å²) in [6, 6.07) is 4.94. The highest BCUT2D eigenvalue weighted by atomic mass is 16.5. The van der Waals surface area contributed by atoms with Crippen molar-refractivity contribution < 1.29 is 18.9 Å². The average molecular weight is 368 g/mol. The number of nitrogens with zero attached hydrogens (tertiary/aromatic N) is 5. The summed E-state index contributed by atoms with van der Waals surface area (Å²) in [5.74, 6) is 1.51. The molecule has 8 nitrogen and oxygen atoms in total. The number of amidine groups is 1. The Bertz CT molecular complexity index is 1010. The van der Waals surface area contributed by atoms with Crippen LogP contribution in [0.25, 0.3) is 5.69 Å². The summed E-state index contributed by atoms with van der Waals surface area (Å²) in [5, 5.41) is 0. The van der Waals surface area contributed by atoms with Crippen molar-refractivity contribution in [1.29, 1.82) is 0 Å². The Morgan fingerprint density at radius 2 is 2.00 bits per heavy atom. The topological polar surface area (TPSA) is 71.0 Å². The number of aliphatic imine (C=N–C) groups is 1. The van der Waals surface area contributed by atoms with E-state index in [1.807, 2.05) is 47.4 Å². The molecular formula is C19H22N5O3+. The molecule has 1 saturated heterocycles. The maximum absolute atomic E-state index is 12.9. The van der Waals surface area contributed by atoms with Crippen molar-refractivity contribution in [3.05, 3.63) is 35.7 Å². The fourth-order valence-electron chi connectivity index (χ4n) is 3.75. The summed E-state index contributed by atoms with van der Waals surface area (Å²) in [7, 11) is 3.28. The zero-order valence-electron chi connectivity index (χ0n) is 16.1. The normalized spacial score (nSPS) is 18.6. The number of rotatable bonds is 3. The molecule has 1 aromatic carbocycles. The molecule has 0 saturated carbocycles. The highest BCUT2D eigenvalue weighted by Crippen LogP contribution is 2.34. The number of aryl methyl sites for hydroxylation is 2. The standard InChI is InChI=1S/C19H22N5O3/c1-6-22-17(25)15-16(21(4)19(22)26)20-18-23(15)10-12(3)24(18)13-9-11(2)7-8-14(13)27-5/h7-10,15H,6H2,1-5H3/q+1. The lowest BCUT2D eigenvalue weighted by Gasteiger charge is -2.32. The molecule has 0 bridgehead atoms. The zero-order chi connectivity index (χ0) is 19.5. The number of benzene rings is 1. The summed E-state index contributed by atoms with van der Waals surface area (Å²) in [6.07, 6.45) is 1.90. The summed E-state index contributed by atoms with van der Waals surface area (Å²) < 4.78 is 9.32. The number of urea groups is 1. The molecule has 4 rings (SSSR count). The maximum atomic E-state index is 12.9. The van der Waals surface area contributed by atoms with Gasteiger partial charge >= 0.3 is 12.0 Å². The molecule has 2 aliphatic heterocycles. The summed E-state index contributed by atoms with van der Waals surface area (Å²) in [5.41, 5.74) is 2.86. The number of amides is 3. The van der Waals surface area contributed by atoms with Crippen LogP contribution < -0.4 is 9.30 Å². The van der Waals surface area contributed by atoms with E-state index >= 15 is 0 Å². The van der Waals surface area contributed by atoms with Gasteiger partial charge in [0.15, 0.2) is 5.75 Å². The van der Waals surface area contributed by atoms with Crippen molar-refractivity contribution in [2.24, 2.45) is 4.99 Å². The summed E-state index contributed by atoms with van der Waals surface area (Å²) in [4.78, 5) is 32.8. The molecule has 2 aliphatic rings. The van der Waals surface area contributed by atoms with Gasteiger partial charge in [0.2, 0.25) is 11.9 Å². The van der Waals surface area contributed by atoms with Crippen molar-refractivity contribution in [3.63, 3.8) is 0 Å². The minimum absolute atomic E-state index is 0.253.